The number of carbonyl (C=O) groups is 1. The van der Waals surface area contributed by atoms with Crippen molar-refractivity contribution < 1.29 is 9.18 Å². The molecular weight excluding hydrogens is 443 g/mol. The van der Waals surface area contributed by atoms with Gasteiger partial charge in [0.25, 0.3) is 11.5 Å². The number of aryl methyl sites for hydroxylation is 2. The molecule has 35 heavy (non-hydrogen) atoms. The Morgan fingerprint density at radius 3 is 2.63 bits per heavy atom. The van der Waals surface area contributed by atoms with E-state index in [9.17, 15) is 14.0 Å². The second-order valence-corrected chi connectivity index (χ2v) is 9.78. The third-order valence-electron chi connectivity index (χ3n) is 7.68. The van der Waals surface area contributed by atoms with Crippen LogP contribution in [0.3, 0.4) is 0 Å². The maximum atomic E-state index is 13.5. The normalized spacial score (nSPS) is 16.0. The maximum absolute atomic E-state index is 13.5. The molecule has 7 heteroatoms. The number of carbonyl (C=O) groups excluding carboxylic acids is 1. The number of aromatic nitrogens is 2. The summed E-state index contributed by atoms with van der Waals surface area (Å²) in [5.41, 5.74) is 4.91. The minimum Gasteiger partial charge on any atom is -0.348 e. The fourth-order valence-corrected chi connectivity index (χ4v) is 5.74. The SMILES string of the molecule is CCc1cc(C)[nH]c(=O)c1CNC(=O)c1c(C)n(C(C)C2CCN(CCF)CC2)c2ccccc12. The van der Waals surface area contributed by atoms with E-state index in [1.807, 2.05) is 45.0 Å². The minimum atomic E-state index is -0.297. The highest BCUT2D eigenvalue weighted by atomic mass is 19.1. The van der Waals surface area contributed by atoms with Gasteiger partial charge in [-0.2, -0.15) is 0 Å². The van der Waals surface area contributed by atoms with Gasteiger partial charge in [0.1, 0.15) is 6.67 Å². The monoisotopic (exact) mass is 480 g/mol. The number of para-hydroxylation sites is 1. The highest BCUT2D eigenvalue weighted by Crippen LogP contribution is 2.35. The van der Waals surface area contributed by atoms with Crippen LogP contribution in [0.2, 0.25) is 0 Å². The molecule has 6 nitrogen and oxygen atoms in total. The van der Waals surface area contributed by atoms with Crippen molar-refractivity contribution in [2.75, 3.05) is 26.3 Å². The summed E-state index contributed by atoms with van der Waals surface area (Å²) >= 11 is 0. The van der Waals surface area contributed by atoms with Crippen molar-refractivity contribution in [3.8, 4) is 0 Å². The number of pyridine rings is 1. The second kappa shape index (κ2) is 10.8. The van der Waals surface area contributed by atoms with E-state index in [1.54, 1.807) is 0 Å². The lowest BCUT2D eigenvalue weighted by Gasteiger charge is -2.35. The third kappa shape index (κ3) is 5.06. The van der Waals surface area contributed by atoms with Crippen molar-refractivity contribution in [1.29, 1.82) is 0 Å². The van der Waals surface area contributed by atoms with E-state index in [4.69, 9.17) is 0 Å². The molecule has 3 heterocycles. The number of amides is 1. The summed E-state index contributed by atoms with van der Waals surface area (Å²) in [7, 11) is 0. The van der Waals surface area contributed by atoms with E-state index < -0.39 is 0 Å². The van der Waals surface area contributed by atoms with Gasteiger partial charge in [0, 0.05) is 47.0 Å². The Morgan fingerprint density at radius 2 is 1.94 bits per heavy atom. The highest BCUT2D eigenvalue weighted by Gasteiger charge is 2.29. The topological polar surface area (TPSA) is 70.1 Å². The van der Waals surface area contributed by atoms with Crippen LogP contribution in [0.4, 0.5) is 4.39 Å². The maximum Gasteiger partial charge on any atom is 0.254 e. The fourth-order valence-electron chi connectivity index (χ4n) is 5.74. The predicted molar refractivity (Wildman–Crippen MR) is 139 cm³/mol. The van der Waals surface area contributed by atoms with Crippen LogP contribution in [0.15, 0.2) is 35.1 Å². The van der Waals surface area contributed by atoms with Gasteiger partial charge >= 0.3 is 0 Å². The molecule has 188 valence electrons. The first-order valence-electron chi connectivity index (χ1n) is 12.7. The van der Waals surface area contributed by atoms with Gasteiger partial charge in [-0.15, -0.1) is 0 Å². The van der Waals surface area contributed by atoms with Gasteiger partial charge in [-0.05, 0) is 76.7 Å². The van der Waals surface area contributed by atoms with Crippen molar-refractivity contribution in [3.05, 3.63) is 68.8 Å². The lowest BCUT2D eigenvalue weighted by molar-refractivity contribution is 0.0951. The van der Waals surface area contributed by atoms with Crippen LogP contribution >= 0.6 is 0 Å². The number of benzene rings is 1. The van der Waals surface area contributed by atoms with Crippen molar-refractivity contribution in [2.45, 2.75) is 59.5 Å². The largest absolute Gasteiger partial charge is 0.348 e. The first kappa shape index (κ1) is 25.2. The number of fused-ring (bicyclic) bond motifs is 1. The molecule has 1 aromatic carbocycles. The van der Waals surface area contributed by atoms with Crippen molar-refractivity contribution in [3.63, 3.8) is 0 Å². The summed E-state index contributed by atoms with van der Waals surface area (Å²) in [5.74, 6) is 0.305. The van der Waals surface area contributed by atoms with Crippen LogP contribution < -0.4 is 10.9 Å². The van der Waals surface area contributed by atoms with Crippen LogP contribution in [0.5, 0.6) is 0 Å². The first-order valence-corrected chi connectivity index (χ1v) is 12.7. The average Bonchev–Trinajstić information content (AvgIpc) is 3.14. The zero-order chi connectivity index (χ0) is 25.1. The van der Waals surface area contributed by atoms with Crippen LogP contribution in [0.1, 0.15) is 65.6 Å². The van der Waals surface area contributed by atoms with Gasteiger partial charge in [0.2, 0.25) is 0 Å². The summed E-state index contributed by atoms with van der Waals surface area (Å²) in [6.07, 6.45) is 2.77. The number of H-pyrrole nitrogens is 1. The number of rotatable bonds is 8. The van der Waals surface area contributed by atoms with Gasteiger partial charge < -0.3 is 19.8 Å². The molecule has 1 aliphatic heterocycles. The second-order valence-electron chi connectivity index (χ2n) is 9.78. The molecule has 0 radical (unpaired) electrons. The Morgan fingerprint density at radius 1 is 1.23 bits per heavy atom. The Bertz CT molecular complexity index is 1250. The number of aromatic amines is 1. The van der Waals surface area contributed by atoms with Gasteiger partial charge in [0.05, 0.1) is 5.56 Å². The molecule has 1 fully saturated rings. The Labute approximate surface area is 206 Å². The molecule has 1 aliphatic rings. The quantitative estimate of drug-likeness (QED) is 0.492. The van der Waals surface area contributed by atoms with Crippen molar-refractivity contribution >= 4 is 16.8 Å². The van der Waals surface area contributed by atoms with Gasteiger partial charge in [0.15, 0.2) is 0 Å². The van der Waals surface area contributed by atoms with Gasteiger partial charge in [-0.1, -0.05) is 25.1 Å². The summed E-state index contributed by atoms with van der Waals surface area (Å²) < 4.78 is 15.1. The van der Waals surface area contributed by atoms with Crippen LogP contribution in [0.25, 0.3) is 10.9 Å². The van der Waals surface area contributed by atoms with Gasteiger partial charge in [-0.3, -0.25) is 9.59 Å². The molecule has 1 saturated heterocycles. The van der Waals surface area contributed by atoms with Crippen LogP contribution in [-0.4, -0.2) is 46.7 Å². The third-order valence-corrected chi connectivity index (χ3v) is 7.68. The smallest absolute Gasteiger partial charge is 0.254 e. The Hall–Kier alpha value is -2.93. The first-order chi connectivity index (χ1) is 16.8. The number of likely N-dealkylation sites (tertiary alicyclic amines) is 1. The van der Waals surface area contributed by atoms with E-state index >= 15 is 0 Å². The zero-order valence-corrected chi connectivity index (χ0v) is 21.3. The number of alkyl halides is 1. The number of halogens is 1. The molecular formula is C28H37FN4O2. The molecule has 2 aromatic heterocycles. The molecule has 1 amide bonds. The molecule has 0 aliphatic carbocycles. The number of nitrogens with one attached hydrogen (secondary N) is 2. The molecule has 0 bridgehead atoms. The van der Waals surface area contributed by atoms with E-state index in [0.29, 0.717) is 23.6 Å². The van der Waals surface area contributed by atoms with E-state index in [2.05, 4.69) is 32.8 Å². The molecule has 4 rings (SSSR count). The molecule has 2 N–H and O–H groups in total. The minimum absolute atomic E-state index is 0.144. The van der Waals surface area contributed by atoms with E-state index in [0.717, 1.165) is 60.2 Å². The number of piperidine rings is 1. The molecule has 3 aromatic rings. The summed E-state index contributed by atoms with van der Waals surface area (Å²) in [5, 5.41) is 3.95. The highest BCUT2D eigenvalue weighted by molar-refractivity contribution is 6.08. The Balaban J connectivity index is 1.61. The van der Waals surface area contributed by atoms with Crippen LogP contribution in [-0.2, 0) is 13.0 Å². The summed E-state index contributed by atoms with van der Waals surface area (Å²) in [6.45, 7) is 10.4. The number of nitrogens with zero attached hydrogens (tertiary/aromatic N) is 2. The molecule has 0 saturated carbocycles. The molecule has 0 spiro atoms. The zero-order valence-electron chi connectivity index (χ0n) is 21.3. The lowest BCUT2D eigenvalue weighted by Crippen LogP contribution is -2.37. The fraction of sp³-hybridized carbons (Fsp3) is 0.500. The average molecular weight is 481 g/mol. The summed E-state index contributed by atoms with van der Waals surface area (Å²) in [6, 6.07) is 10.2. The van der Waals surface area contributed by atoms with Crippen LogP contribution in [0, 0.1) is 19.8 Å². The summed E-state index contributed by atoms with van der Waals surface area (Å²) in [4.78, 5) is 31.1. The standard InChI is InChI=1S/C28H37FN4O2/c1-5-21-16-18(2)31-27(34)24(21)17-30-28(35)26-20(4)33(25-9-7-6-8-23(25)26)19(3)22-10-13-32(14-11-22)15-12-29/h6-9,16,19,22H,5,10-15,17H2,1-4H3,(H,30,35)(H,31,34). The van der Waals surface area contributed by atoms with E-state index in [1.165, 1.54) is 0 Å². The van der Waals surface area contributed by atoms with Crippen molar-refractivity contribution in [2.24, 2.45) is 5.92 Å². The lowest BCUT2D eigenvalue weighted by atomic mass is 9.90. The predicted octanol–water partition coefficient (Wildman–Crippen LogP) is 4.68. The van der Waals surface area contributed by atoms with E-state index in [-0.39, 0.29) is 30.7 Å². The Kier molecular flexibility index (Phi) is 7.75. The number of hydrogen-bond donors (Lipinski definition) is 2. The van der Waals surface area contributed by atoms with Gasteiger partial charge in [-0.25, -0.2) is 4.39 Å². The molecule has 1 unspecified atom stereocenters. The number of hydrogen-bond acceptors (Lipinski definition) is 3. The van der Waals surface area contributed by atoms with Crippen molar-refractivity contribution in [1.82, 2.24) is 19.8 Å². The molecule has 1 atom stereocenters.